The fourth-order valence-corrected chi connectivity index (χ4v) is 4.96. The van der Waals surface area contributed by atoms with Crippen molar-refractivity contribution in [2.45, 2.75) is 30.8 Å². The van der Waals surface area contributed by atoms with E-state index in [-0.39, 0.29) is 11.4 Å². The molecule has 0 aliphatic carbocycles. The van der Waals surface area contributed by atoms with E-state index in [0.717, 1.165) is 0 Å². The van der Waals surface area contributed by atoms with Gasteiger partial charge in [0.15, 0.2) is 6.10 Å². The van der Waals surface area contributed by atoms with E-state index in [1.807, 2.05) is 24.3 Å². The molecule has 0 unspecified atom stereocenters. The lowest BCUT2D eigenvalue weighted by molar-refractivity contribution is -0.122. The highest BCUT2D eigenvalue weighted by Crippen LogP contribution is 2.37. The summed E-state index contributed by atoms with van der Waals surface area (Å²) in [6, 6.07) is 22.6. The van der Waals surface area contributed by atoms with Crippen molar-refractivity contribution in [3.8, 4) is 5.75 Å². The predicted molar refractivity (Wildman–Crippen MR) is 121 cm³/mol. The Hall–Kier alpha value is -3.32. The molecule has 0 saturated heterocycles. The van der Waals surface area contributed by atoms with Crippen LogP contribution >= 0.6 is 0 Å². The lowest BCUT2D eigenvalue weighted by atomic mass is 10.0. The summed E-state index contributed by atoms with van der Waals surface area (Å²) in [6.07, 6.45) is -0.988. The first-order valence-electron chi connectivity index (χ1n) is 10.1. The fraction of sp³-hybridized carbons (Fsp3) is 0.208. The average Bonchev–Trinajstić information content (AvgIpc) is 2.79. The number of carbonyl (C=O) groups is 1. The molecule has 4 rings (SSSR count). The molecule has 0 spiro atoms. The van der Waals surface area contributed by atoms with Crippen LogP contribution in [0.5, 0.6) is 5.75 Å². The van der Waals surface area contributed by atoms with E-state index in [1.165, 1.54) is 9.87 Å². The Labute approximate surface area is 182 Å². The Kier molecular flexibility index (Phi) is 5.69. The van der Waals surface area contributed by atoms with Gasteiger partial charge in [-0.2, -0.15) is 0 Å². The van der Waals surface area contributed by atoms with E-state index in [0.29, 0.717) is 23.0 Å². The SMILES string of the molecule is CC(C)c1ccc(NC(=O)[C@@H]2CN(S(=O)(=O)c3ccccc3)c3ccccc3O2)cc1. The van der Waals surface area contributed by atoms with Gasteiger partial charge in [-0.05, 0) is 47.9 Å². The van der Waals surface area contributed by atoms with Crippen LogP contribution in [0.25, 0.3) is 0 Å². The molecule has 7 heteroatoms. The van der Waals surface area contributed by atoms with Gasteiger partial charge in [0.05, 0.1) is 17.1 Å². The first kappa shape index (κ1) is 20.9. The van der Waals surface area contributed by atoms with E-state index in [9.17, 15) is 13.2 Å². The highest BCUT2D eigenvalue weighted by Gasteiger charge is 2.37. The van der Waals surface area contributed by atoms with Crippen LogP contribution in [0.1, 0.15) is 25.3 Å². The van der Waals surface area contributed by atoms with Crippen molar-refractivity contribution in [3.63, 3.8) is 0 Å². The van der Waals surface area contributed by atoms with Crippen LogP contribution in [0.15, 0.2) is 83.8 Å². The summed E-state index contributed by atoms with van der Waals surface area (Å²) in [6.45, 7) is 4.08. The summed E-state index contributed by atoms with van der Waals surface area (Å²) in [5, 5.41) is 2.83. The van der Waals surface area contributed by atoms with E-state index < -0.39 is 22.0 Å². The summed E-state index contributed by atoms with van der Waals surface area (Å²) in [5.41, 5.74) is 2.21. The zero-order chi connectivity index (χ0) is 22.0. The second kappa shape index (κ2) is 8.43. The van der Waals surface area contributed by atoms with Gasteiger partial charge >= 0.3 is 0 Å². The molecule has 1 aliphatic heterocycles. The van der Waals surface area contributed by atoms with Gasteiger partial charge < -0.3 is 10.1 Å². The maximum atomic E-state index is 13.3. The van der Waals surface area contributed by atoms with Gasteiger partial charge in [0.25, 0.3) is 15.9 Å². The van der Waals surface area contributed by atoms with Crippen LogP contribution in [-0.4, -0.2) is 27.0 Å². The lowest BCUT2D eigenvalue weighted by Crippen LogP contribution is -2.48. The molecule has 0 fully saturated rings. The van der Waals surface area contributed by atoms with Gasteiger partial charge in [-0.1, -0.05) is 56.3 Å². The summed E-state index contributed by atoms with van der Waals surface area (Å²) in [4.78, 5) is 13.1. The summed E-state index contributed by atoms with van der Waals surface area (Å²) < 4.78 is 33.7. The number of amides is 1. The third-order valence-corrected chi connectivity index (χ3v) is 7.00. The molecule has 1 aliphatic rings. The fourth-order valence-electron chi connectivity index (χ4n) is 3.46. The lowest BCUT2D eigenvalue weighted by Gasteiger charge is -2.34. The molecule has 3 aromatic carbocycles. The molecule has 31 heavy (non-hydrogen) atoms. The first-order chi connectivity index (χ1) is 14.9. The summed E-state index contributed by atoms with van der Waals surface area (Å²) in [7, 11) is -3.86. The number of rotatable bonds is 5. The molecular weight excluding hydrogens is 412 g/mol. The minimum absolute atomic E-state index is 0.121. The van der Waals surface area contributed by atoms with Crippen molar-refractivity contribution in [1.82, 2.24) is 0 Å². The maximum absolute atomic E-state index is 13.3. The topological polar surface area (TPSA) is 75.7 Å². The number of hydrogen-bond acceptors (Lipinski definition) is 4. The van der Waals surface area contributed by atoms with Crippen LogP contribution in [0.3, 0.4) is 0 Å². The van der Waals surface area contributed by atoms with Crippen molar-refractivity contribution in [2.24, 2.45) is 0 Å². The molecule has 0 bridgehead atoms. The van der Waals surface area contributed by atoms with Crippen molar-refractivity contribution < 1.29 is 17.9 Å². The van der Waals surface area contributed by atoms with Crippen molar-refractivity contribution in [2.75, 3.05) is 16.2 Å². The molecule has 1 atom stereocenters. The van der Waals surface area contributed by atoms with Crippen molar-refractivity contribution in [3.05, 3.63) is 84.4 Å². The summed E-state index contributed by atoms with van der Waals surface area (Å²) >= 11 is 0. The Morgan fingerprint density at radius 3 is 2.29 bits per heavy atom. The van der Waals surface area contributed by atoms with Crippen molar-refractivity contribution >= 4 is 27.3 Å². The largest absolute Gasteiger partial charge is 0.476 e. The normalized spacial score (nSPS) is 15.8. The molecule has 160 valence electrons. The van der Waals surface area contributed by atoms with Gasteiger partial charge in [-0.25, -0.2) is 8.42 Å². The molecule has 6 nitrogen and oxygen atoms in total. The highest BCUT2D eigenvalue weighted by molar-refractivity contribution is 7.92. The number of carbonyl (C=O) groups excluding carboxylic acids is 1. The molecule has 3 aromatic rings. The highest BCUT2D eigenvalue weighted by atomic mass is 32.2. The van der Waals surface area contributed by atoms with Gasteiger partial charge in [0.1, 0.15) is 5.75 Å². The van der Waals surface area contributed by atoms with E-state index in [1.54, 1.807) is 54.6 Å². The second-order valence-electron chi connectivity index (χ2n) is 7.69. The van der Waals surface area contributed by atoms with Gasteiger partial charge in [0, 0.05) is 5.69 Å². The number of ether oxygens (including phenoxy) is 1. The Bertz CT molecular complexity index is 1180. The minimum atomic E-state index is -3.86. The molecular formula is C24H24N2O4S. The Morgan fingerprint density at radius 1 is 0.968 bits per heavy atom. The average molecular weight is 437 g/mol. The van der Waals surface area contributed by atoms with Crippen LogP contribution < -0.4 is 14.4 Å². The predicted octanol–water partition coefficient (Wildman–Crippen LogP) is 4.41. The molecule has 0 radical (unpaired) electrons. The zero-order valence-electron chi connectivity index (χ0n) is 17.4. The van der Waals surface area contributed by atoms with Crippen LogP contribution in [0.2, 0.25) is 0 Å². The van der Waals surface area contributed by atoms with E-state index >= 15 is 0 Å². The van der Waals surface area contributed by atoms with Crippen LogP contribution in [0, 0.1) is 0 Å². The van der Waals surface area contributed by atoms with Gasteiger partial charge in [-0.15, -0.1) is 0 Å². The third-order valence-electron chi connectivity index (χ3n) is 5.20. The van der Waals surface area contributed by atoms with Gasteiger partial charge in [-0.3, -0.25) is 9.10 Å². The Morgan fingerprint density at radius 2 is 1.61 bits per heavy atom. The van der Waals surface area contributed by atoms with Crippen LogP contribution in [-0.2, 0) is 14.8 Å². The number of nitrogens with zero attached hydrogens (tertiary/aromatic N) is 1. The number of fused-ring (bicyclic) bond motifs is 1. The third kappa shape index (κ3) is 4.27. The second-order valence-corrected chi connectivity index (χ2v) is 9.55. The summed E-state index contributed by atoms with van der Waals surface area (Å²) in [5.74, 6) is 0.336. The number of benzene rings is 3. The monoisotopic (exact) mass is 436 g/mol. The molecule has 1 N–H and O–H groups in total. The molecule has 0 saturated carbocycles. The first-order valence-corrected chi connectivity index (χ1v) is 11.5. The van der Waals surface area contributed by atoms with E-state index in [4.69, 9.17) is 4.74 Å². The smallest absolute Gasteiger partial charge is 0.267 e. The number of sulfonamides is 1. The number of nitrogens with one attached hydrogen (secondary N) is 1. The number of anilines is 2. The molecule has 0 aromatic heterocycles. The zero-order valence-corrected chi connectivity index (χ0v) is 18.2. The number of hydrogen-bond donors (Lipinski definition) is 1. The maximum Gasteiger partial charge on any atom is 0.267 e. The molecule has 1 amide bonds. The minimum Gasteiger partial charge on any atom is -0.476 e. The van der Waals surface area contributed by atoms with Crippen LogP contribution in [0.4, 0.5) is 11.4 Å². The quantitative estimate of drug-likeness (QED) is 0.643. The standard InChI is InChI=1S/C24H24N2O4S/c1-17(2)18-12-14-19(15-13-18)25-24(27)23-16-26(21-10-6-7-11-22(21)30-23)31(28,29)20-8-4-3-5-9-20/h3-15,17,23H,16H2,1-2H3,(H,25,27)/t23-/m0/s1. The van der Waals surface area contributed by atoms with E-state index in [2.05, 4.69) is 19.2 Å². The number of para-hydroxylation sites is 2. The van der Waals surface area contributed by atoms with Crippen molar-refractivity contribution in [1.29, 1.82) is 0 Å². The molecule has 1 heterocycles. The van der Waals surface area contributed by atoms with Gasteiger partial charge in [0.2, 0.25) is 0 Å². The Balaban J connectivity index is 1.61.